The van der Waals surface area contributed by atoms with E-state index in [1.54, 1.807) is 11.3 Å². The molecule has 0 aliphatic carbocycles. The van der Waals surface area contributed by atoms with Crippen LogP contribution in [-0.4, -0.2) is 10.9 Å². The van der Waals surface area contributed by atoms with Gasteiger partial charge in [0.2, 0.25) is 5.91 Å². The number of benzene rings is 2. The van der Waals surface area contributed by atoms with Crippen molar-refractivity contribution in [2.75, 3.05) is 5.32 Å². The van der Waals surface area contributed by atoms with E-state index < -0.39 is 0 Å². The molecule has 0 saturated carbocycles. The molecule has 122 valence electrons. The van der Waals surface area contributed by atoms with Crippen LogP contribution in [0.5, 0.6) is 0 Å². The van der Waals surface area contributed by atoms with Crippen LogP contribution in [0.25, 0.3) is 11.3 Å². The number of hydrogen-bond donors (Lipinski definition) is 1. The third-order valence-corrected chi connectivity index (χ3v) is 4.60. The highest BCUT2D eigenvalue weighted by Crippen LogP contribution is 2.24. The molecule has 3 rings (SSSR count). The third kappa shape index (κ3) is 4.43. The normalized spacial score (nSPS) is 10.6. The minimum Gasteiger partial charge on any atom is -0.326 e. The Hall–Kier alpha value is -2.17. The van der Waals surface area contributed by atoms with E-state index in [4.69, 9.17) is 11.6 Å². The van der Waals surface area contributed by atoms with Gasteiger partial charge in [-0.15, -0.1) is 11.3 Å². The molecule has 24 heavy (non-hydrogen) atoms. The zero-order valence-corrected chi connectivity index (χ0v) is 14.8. The summed E-state index contributed by atoms with van der Waals surface area (Å²) in [5.74, 6) is -0.0124. The van der Waals surface area contributed by atoms with E-state index in [0.717, 1.165) is 27.5 Å². The van der Waals surface area contributed by atoms with Crippen molar-refractivity contribution >= 4 is 34.5 Å². The molecule has 0 aliphatic rings. The van der Waals surface area contributed by atoms with E-state index in [2.05, 4.69) is 10.3 Å². The lowest BCUT2D eigenvalue weighted by molar-refractivity contribution is -0.116. The first-order chi connectivity index (χ1) is 11.6. The highest BCUT2D eigenvalue weighted by Gasteiger charge is 2.06. The SMILES string of the molecule is Cc1nc(-c2cccc(NC(=O)CCc3cccc(Cl)c3)c2)cs1. The second kappa shape index (κ2) is 7.60. The van der Waals surface area contributed by atoms with Crippen molar-refractivity contribution in [3.05, 3.63) is 69.5 Å². The zero-order valence-electron chi connectivity index (χ0n) is 13.3. The van der Waals surface area contributed by atoms with Gasteiger partial charge >= 0.3 is 0 Å². The summed E-state index contributed by atoms with van der Waals surface area (Å²) >= 11 is 7.58. The van der Waals surface area contributed by atoms with Crippen LogP contribution >= 0.6 is 22.9 Å². The van der Waals surface area contributed by atoms with E-state index in [9.17, 15) is 4.79 Å². The molecule has 0 radical (unpaired) electrons. The van der Waals surface area contributed by atoms with Crippen LogP contribution in [0.15, 0.2) is 53.9 Å². The van der Waals surface area contributed by atoms with Crippen molar-refractivity contribution < 1.29 is 4.79 Å². The van der Waals surface area contributed by atoms with Gasteiger partial charge in [-0.05, 0) is 43.2 Å². The first-order valence-corrected chi connectivity index (χ1v) is 8.93. The first kappa shape index (κ1) is 16.7. The standard InChI is InChI=1S/C19H17ClN2OS/c1-13-21-18(12-24-13)15-5-3-7-17(11-15)22-19(23)9-8-14-4-2-6-16(20)10-14/h2-7,10-12H,8-9H2,1H3,(H,22,23). The lowest BCUT2D eigenvalue weighted by Crippen LogP contribution is -2.12. The molecule has 2 aromatic carbocycles. The number of aryl methyl sites for hydroxylation is 2. The van der Waals surface area contributed by atoms with Gasteiger partial charge in [-0.25, -0.2) is 4.98 Å². The lowest BCUT2D eigenvalue weighted by atomic mass is 10.1. The average Bonchev–Trinajstić information content (AvgIpc) is 3.00. The first-order valence-electron chi connectivity index (χ1n) is 7.67. The number of thiazole rings is 1. The maximum absolute atomic E-state index is 12.2. The quantitative estimate of drug-likeness (QED) is 0.670. The van der Waals surface area contributed by atoms with E-state index >= 15 is 0 Å². The number of nitrogens with zero attached hydrogens (tertiary/aromatic N) is 1. The number of aromatic nitrogens is 1. The molecule has 5 heteroatoms. The van der Waals surface area contributed by atoms with Gasteiger partial charge in [0.1, 0.15) is 0 Å². The molecule has 3 aromatic rings. The highest BCUT2D eigenvalue weighted by molar-refractivity contribution is 7.09. The molecular formula is C19H17ClN2OS. The molecule has 0 spiro atoms. The molecule has 0 atom stereocenters. The molecular weight excluding hydrogens is 340 g/mol. The van der Waals surface area contributed by atoms with Gasteiger partial charge in [-0.1, -0.05) is 35.9 Å². The van der Waals surface area contributed by atoms with E-state index in [1.807, 2.05) is 60.8 Å². The maximum Gasteiger partial charge on any atom is 0.224 e. The molecule has 1 heterocycles. The van der Waals surface area contributed by atoms with Crippen molar-refractivity contribution in [2.24, 2.45) is 0 Å². The topological polar surface area (TPSA) is 42.0 Å². The molecule has 1 aromatic heterocycles. The molecule has 0 bridgehead atoms. The van der Waals surface area contributed by atoms with Crippen LogP contribution in [0, 0.1) is 6.92 Å². The predicted octanol–water partition coefficient (Wildman–Crippen LogP) is 5.34. The van der Waals surface area contributed by atoms with Crippen LogP contribution in [0.1, 0.15) is 17.0 Å². The Morgan fingerprint density at radius 2 is 2.04 bits per heavy atom. The fourth-order valence-electron chi connectivity index (χ4n) is 2.43. The van der Waals surface area contributed by atoms with E-state index in [1.165, 1.54) is 0 Å². The third-order valence-electron chi connectivity index (χ3n) is 3.59. The maximum atomic E-state index is 12.2. The van der Waals surface area contributed by atoms with Crippen molar-refractivity contribution in [3.8, 4) is 11.3 Å². The van der Waals surface area contributed by atoms with Crippen molar-refractivity contribution in [1.29, 1.82) is 0 Å². The summed E-state index contributed by atoms with van der Waals surface area (Å²) in [5, 5.41) is 6.69. The number of hydrogen-bond acceptors (Lipinski definition) is 3. The van der Waals surface area contributed by atoms with E-state index in [0.29, 0.717) is 17.9 Å². The Morgan fingerprint density at radius 1 is 1.21 bits per heavy atom. The highest BCUT2D eigenvalue weighted by atomic mass is 35.5. The van der Waals surface area contributed by atoms with Crippen molar-refractivity contribution in [2.45, 2.75) is 19.8 Å². The van der Waals surface area contributed by atoms with E-state index in [-0.39, 0.29) is 5.91 Å². The summed E-state index contributed by atoms with van der Waals surface area (Å²) in [5.41, 5.74) is 3.79. The summed E-state index contributed by atoms with van der Waals surface area (Å²) in [7, 11) is 0. The number of amides is 1. The minimum atomic E-state index is -0.0124. The van der Waals surface area contributed by atoms with Gasteiger partial charge < -0.3 is 5.32 Å². The molecule has 0 aliphatic heterocycles. The van der Waals surface area contributed by atoms with Crippen LogP contribution in [0.4, 0.5) is 5.69 Å². The van der Waals surface area contributed by atoms with Gasteiger partial charge in [0, 0.05) is 28.1 Å². The second-order valence-corrected chi connectivity index (χ2v) is 7.01. The Bertz CT molecular complexity index is 860. The van der Waals surface area contributed by atoms with Crippen LogP contribution in [0.2, 0.25) is 5.02 Å². The Kier molecular flexibility index (Phi) is 5.28. The molecule has 3 nitrogen and oxygen atoms in total. The predicted molar refractivity (Wildman–Crippen MR) is 101 cm³/mol. The Balaban J connectivity index is 1.62. The molecule has 1 amide bonds. The number of halogens is 1. The second-order valence-electron chi connectivity index (χ2n) is 5.51. The number of carbonyl (C=O) groups is 1. The summed E-state index contributed by atoms with van der Waals surface area (Å²) in [4.78, 5) is 16.6. The fourth-order valence-corrected chi connectivity index (χ4v) is 3.26. The van der Waals surface area contributed by atoms with Crippen molar-refractivity contribution in [3.63, 3.8) is 0 Å². The minimum absolute atomic E-state index is 0.0124. The smallest absolute Gasteiger partial charge is 0.224 e. The summed E-state index contributed by atoms with van der Waals surface area (Å²) in [6.45, 7) is 1.98. The lowest BCUT2D eigenvalue weighted by Gasteiger charge is -2.07. The largest absolute Gasteiger partial charge is 0.326 e. The number of anilines is 1. The average molecular weight is 357 g/mol. The number of nitrogens with one attached hydrogen (secondary N) is 1. The summed E-state index contributed by atoms with van der Waals surface area (Å²) < 4.78 is 0. The van der Waals surface area contributed by atoms with Gasteiger partial charge in [0.05, 0.1) is 10.7 Å². The fraction of sp³-hybridized carbons (Fsp3) is 0.158. The monoisotopic (exact) mass is 356 g/mol. The van der Waals surface area contributed by atoms with Crippen LogP contribution in [-0.2, 0) is 11.2 Å². The summed E-state index contributed by atoms with van der Waals surface area (Å²) in [6.07, 6.45) is 1.08. The van der Waals surface area contributed by atoms with Gasteiger partial charge in [0.25, 0.3) is 0 Å². The Morgan fingerprint density at radius 3 is 2.79 bits per heavy atom. The Labute approximate surface area is 150 Å². The van der Waals surface area contributed by atoms with Gasteiger partial charge in [-0.2, -0.15) is 0 Å². The zero-order chi connectivity index (χ0) is 16.9. The number of carbonyl (C=O) groups excluding carboxylic acids is 1. The molecule has 1 N–H and O–H groups in total. The molecule has 0 fully saturated rings. The molecule has 0 unspecified atom stereocenters. The van der Waals surface area contributed by atoms with Gasteiger partial charge in [-0.3, -0.25) is 4.79 Å². The van der Waals surface area contributed by atoms with Gasteiger partial charge in [0.15, 0.2) is 0 Å². The molecule has 0 saturated heterocycles. The van der Waals surface area contributed by atoms with Crippen LogP contribution in [0.3, 0.4) is 0 Å². The number of rotatable bonds is 5. The van der Waals surface area contributed by atoms with Crippen molar-refractivity contribution in [1.82, 2.24) is 4.98 Å². The van der Waals surface area contributed by atoms with Crippen LogP contribution < -0.4 is 5.32 Å². The summed E-state index contributed by atoms with van der Waals surface area (Å²) in [6, 6.07) is 15.4.